The molecular weight excluding hydrogens is 264 g/mol. The Morgan fingerprint density at radius 2 is 2.40 bits per heavy atom. The number of carboxylic acids is 1. The van der Waals surface area contributed by atoms with E-state index in [-0.39, 0.29) is 19.0 Å². The van der Waals surface area contributed by atoms with Gasteiger partial charge in [0.2, 0.25) is 0 Å². The van der Waals surface area contributed by atoms with Gasteiger partial charge in [-0.05, 0) is 6.42 Å². The third-order valence-corrected chi connectivity index (χ3v) is 3.38. The number of nitrogens with one attached hydrogen (secondary N) is 2. The van der Waals surface area contributed by atoms with Gasteiger partial charge in [-0.1, -0.05) is 6.92 Å². The number of likely N-dealkylation sites (tertiary alicyclic amines) is 1. The van der Waals surface area contributed by atoms with E-state index in [0.29, 0.717) is 12.2 Å². The number of aromatic nitrogens is 2. The minimum absolute atomic E-state index is 0.0252. The molecule has 0 saturated carbocycles. The van der Waals surface area contributed by atoms with Crippen LogP contribution in [-0.4, -0.2) is 55.8 Å². The summed E-state index contributed by atoms with van der Waals surface area (Å²) in [5.41, 5.74) is 0. The normalized spacial score (nSPS) is 23.6. The zero-order chi connectivity index (χ0) is 14.7. The van der Waals surface area contributed by atoms with Gasteiger partial charge in [0.25, 0.3) is 0 Å². The van der Waals surface area contributed by atoms with Crippen molar-refractivity contribution in [1.29, 1.82) is 0 Å². The second-order valence-corrected chi connectivity index (χ2v) is 4.78. The minimum atomic E-state index is -1.11. The van der Waals surface area contributed by atoms with Crippen molar-refractivity contribution in [3.63, 3.8) is 0 Å². The molecule has 0 bridgehead atoms. The van der Waals surface area contributed by atoms with E-state index in [1.165, 1.54) is 0 Å². The molecule has 1 saturated heterocycles. The van der Waals surface area contributed by atoms with E-state index in [9.17, 15) is 14.7 Å². The summed E-state index contributed by atoms with van der Waals surface area (Å²) in [6, 6.07) is -1.80. The fourth-order valence-electron chi connectivity index (χ4n) is 2.34. The average Bonchev–Trinajstić information content (AvgIpc) is 3.04. The van der Waals surface area contributed by atoms with Gasteiger partial charge >= 0.3 is 12.0 Å². The van der Waals surface area contributed by atoms with Gasteiger partial charge in [0.1, 0.15) is 11.9 Å². The molecule has 2 amide bonds. The zero-order valence-electron chi connectivity index (χ0n) is 11.1. The summed E-state index contributed by atoms with van der Waals surface area (Å²) < 4.78 is 0. The lowest BCUT2D eigenvalue weighted by Gasteiger charge is -2.24. The number of aliphatic hydroxyl groups excluding tert-OH is 1. The summed E-state index contributed by atoms with van der Waals surface area (Å²) in [5.74, 6) is -0.491. The number of nitrogens with zero attached hydrogens (tertiary/aromatic N) is 2. The number of carboxylic acid groups (broad SMARTS) is 1. The van der Waals surface area contributed by atoms with Gasteiger partial charge in [-0.15, -0.1) is 0 Å². The Morgan fingerprint density at radius 3 is 2.95 bits per heavy atom. The lowest BCUT2D eigenvalue weighted by Crippen LogP contribution is -2.47. The van der Waals surface area contributed by atoms with Crippen molar-refractivity contribution >= 4 is 12.0 Å². The predicted octanol–water partition coefficient (Wildman–Crippen LogP) is 0.0902. The molecule has 0 spiro atoms. The number of rotatable bonds is 4. The monoisotopic (exact) mass is 282 g/mol. The molecule has 1 aliphatic heterocycles. The van der Waals surface area contributed by atoms with Gasteiger partial charge in [0, 0.05) is 25.4 Å². The molecular formula is C12H18N4O4. The maximum Gasteiger partial charge on any atom is 0.326 e. The standard InChI is InChI=1S/C12H18N4O4/c1-2-8(10-13-3-4-14-10)15-12(20)16-6-7(17)5-9(16)11(18)19/h3-4,7-9,17H,2,5-6H2,1H3,(H,13,14)(H,15,20)(H,18,19)/t7?,8?,9-/m0/s1. The minimum Gasteiger partial charge on any atom is -0.480 e. The van der Waals surface area contributed by atoms with Crippen LogP contribution < -0.4 is 5.32 Å². The fourth-order valence-corrected chi connectivity index (χ4v) is 2.34. The van der Waals surface area contributed by atoms with Crippen molar-refractivity contribution in [2.75, 3.05) is 6.54 Å². The highest BCUT2D eigenvalue weighted by atomic mass is 16.4. The maximum absolute atomic E-state index is 12.2. The first-order chi connectivity index (χ1) is 9.52. The van der Waals surface area contributed by atoms with Crippen LogP contribution in [0.5, 0.6) is 0 Å². The molecule has 0 radical (unpaired) electrons. The van der Waals surface area contributed by atoms with Crippen LogP contribution in [0.4, 0.5) is 4.79 Å². The first kappa shape index (κ1) is 14.3. The summed E-state index contributed by atoms with van der Waals surface area (Å²) in [7, 11) is 0. The summed E-state index contributed by atoms with van der Waals surface area (Å²) >= 11 is 0. The molecule has 1 aromatic rings. The van der Waals surface area contributed by atoms with E-state index in [1.807, 2.05) is 6.92 Å². The molecule has 3 atom stereocenters. The van der Waals surface area contributed by atoms with Crippen molar-refractivity contribution in [2.45, 2.75) is 38.0 Å². The Balaban J connectivity index is 2.05. The number of amides is 2. The van der Waals surface area contributed by atoms with E-state index >= 15 is 0 Å². The largest absolute Gasteiger partial charge is 0.480 e. The molecule has 1 fully saturated rings. The molecule has 0 aliphatic carbocycles. The van der Waals surface area contributed by atoms with Crippen LogP contribution in [0.15, 0.2) is 12.4 Å². The molecule has 110 valence electrons. The highest BCUT2D eigenvalue weighted by molar-refractivity contribution is 5.83. The quantitative estimate of drug-likeness (QED) is 0.624. The van der Waals surface area contributed by atoms with Crippen LogP contribution in [0.2, 0.25) is 0 Å². The number of carbonyl (C=O) groups is 2. The summed E-state index contributed by atoms with van der Waals surface area (Å²) in [5, 5.41) is 21.3. The van der Waals surface area contributed by atoms with Crippen LogP contribution in [-0.2, 0) is 4.79 Å². The molecule has 0 aromatic carbocycles. The Bertz CT molecular complexity index is 476. The van der Waals surface area contributed by atoms with Crippen LogP contribution >= 0.6 is 0 Å². The Kier molecular flexibility index (Phi) is 4.23. The van der Waals surface area contributed by atoms with Crippen molar-refractivity contribution in [2.24, 2.45) is 0 Å². The highest BCUT2D eigenvalue weighted by Crippen LogP contribution is 2.20. The fraction of sp³-hybridized carbons (Fsp3) is 0.583. The number of aliphatic hydroxyl groups is 1. The number of aromatic amines is 1. The highest BCUT2D eigenvalue weighted by Gasteiger charge is 2.39. The molecule has 1 aromatic heterocycles. The van der Waals surface area contributed by atoms with Gasteiger partial charge in [-0.2, -0.15) is 0 Å². The lowest BCUT2D eigenvalue weighted by atomic mass is 10.2. The van der Waals surface area contributed by atoms with Crippen molar-refractivity contribution in [3.8, 4) is 0 Å². The van der Waals surface area contributed by atoms with Crippen molar-refractivity contribution in [3.05, 3.63) is 18.2 Å². The molecule has 2 heterocycles. The van der Waals surface area contributed by atoms with Crippen molar-refractivity contribution < 1.29 is 19.8 Å². The Labute approximate surface area is 115 Å². The number of imidazole rings is 1. The van der Waals surface area contributed by atoms with Crippen molar-refractivity contribution in [1.82, 2.24) is 20.2 Å². The maximum atomic E-state index is 12.2. The topological polar surface area (TPSA) is 119 Å². The van der Waals surface area contributed by atoms with Gasteiger partial charge in [0.05, 0.1) is 12.1 Å². The van der Waals surface area contributed by atoms with Crippen LogP contribution in [0.1, 0.15) is 31.6 Å². The molecule has 8 heteroatoms. The van der Waals surface area contributed by atoms with E-state index in [1.54, 1.807) is 12.4 Å². The third-order valence-electron chi connectivity index (χ3n) is 3.38. The predicted molar refractivity (Wildman–Crippen MR) is 68.9 cm³/mol. The van der Waals surface area contributed by atoms with E-state index < -0.39 is 24.1 Å². The molecule has 2 rings (SSSR count). The number of hydrogen-bond donors (Lipinski definition) is 4. The summed E-state index contributed by atoms with van der Waals surface area (Å²) in [6.45, 7) is 1.92. The van der Waals surface area contributed by atoms with Gasteiger partial charge in [0.15, 0.2) is 0 Å². The Hall–Kier alpha value is -2.09. The Morgan fingerprint density at radius 1 is 1.65 bits per heavy atom. The van der Waals surface area contributed by atoms with E-state index in [4.69, 9.17) is 5.11 Å². The van der Waals surface area contributed by atoms with Crippen LogP contribution in [0, 0.1) is 0 Å². The van der Waals surface area contributed by atoms with Gasteiger partial charge in [-0.25, -0.2) is 14.6 Å². The zero-order valence-corrected chi connectivity index (χ0v) is 11.1. The molecule has 2 unspecified atom stereocenters. The van der Waals surface area contributed by atoms with Crippen LogP contribution in [0.3, 0.4) is 0 Å². The average molecular weight is 282 g/mol. The molecule has 20 heavy (non-hydrogen) atoms. The first-order valence-corrected chi connectivity index (χ1v) is 6.50. The lowest BCUT2D eigenvalue weighted by molar-refractivity contribution is -0.141. The number of β-amino-alcohol motifs (C(OH)–C–C–N with tert-alkyl or cyclic N) is 1. The van der Waals surface area contributed by atoms with E-state index in [0.717, 1.165) is 4.90 Å². The molecule has 8 nitrogen and oxygen atoms in total. The van der Waals surface area contributed by atoms with Crippen LogP contribution in [0.25, 0.3) is 0 Å². The smallest absolute Gasteiger partial charge is 0.326 e. The number of carbonyl (C=O) groups excluding carboxylic acids is 1. The number of urea groups is 1. The van der Waals surface area contributed by atoms with Gasteiger partial charge in [-0.3, -0.25) is 0 Å². The number of H-pyrrole nitrogens is 1. The number of aliphatic carboxylic acids is 1. The summed E-state index contributed by atoms with van der Waals surface area (Å²) in [4.78, 5) is 31.4. The summed E-state index contributed by atoms with van der Waals surface area (Å²) in [6.07, 6.45) is 3.12. The molecule has 4 N–H and O–H groups in total. The van der Waals surface area contributed by atoms with E-state index in [2.05, 4.69) is 15.3 Å². The SMILES string of the molecule is CCC(NC(=O)N1CC(O)C[C@H]1C(=O)O)c1ncc[nH]1. The first-order valence-electron chi connectivity index (χ1n) is 6.50. The third kappa shape index (κ3) is 2.90. The molecule has 1 aliphatic rings. The van der Waals surface area contributed by atoms with Gasteiger partial charge < -0.3 is 25.4 Å². The number of hydrogen-bond acceptors (Lipinski definition) is 4. The second-order valence-electron chi connectivity index (χ2n) is 4.78. The second kappa shape index (κ2) is 5.91.